The molecule has 234 valence electrons. The summed E-state index contributed by atoms with van der Waals surface area (Å²) in [5, 5.41) is 8.27. The summed E-state index contributed by atoms with van der Waals surface area (Å²) in [5.41, 5.74) is 4.49. The smallest absolute Gasteiger partial charge is 0.251 e. The molecule has 2 amide bonds. The van der Waals surface area contributed by atoms with Crippen molar-refractivity contribution in [1.29, 1.82) is 0 Å². The summed E-state index contributed by atoms with van der Waals surface area (Å²) < 4.78 is 37.3. The number of nitrogens with one attached hydrogen (secondary N) is 1. The molecule has 4 aromatic carbocycles. The molecule has 4 aromatic rings. The molecular weight excluding hydrogens is 591 g/mol. The molecule has 5 rings (SSSR count). The number of benzene rings is 4. The molecule has 1 fully saturated rings. The summed E-state index contributed by atoms with van der Waals surface area (Å²) in [6, 6.07) is 27.3. The van der Waals surface area contributed by atoms with Gasteiger partial charge in [-0.3, -0.25) is 9.59 Å². The van der Waals surface area contributed by atoms with Crippen molar-refractivity contribution in [3.05, 3.63) is 125 Å². The molecule has 1 saturated heterocycles. The number of rotatable bonds is 12. The molecule has 0 radical (unpaired) electrons. The minimum Gasteiger partial charge on any atom is -0.351 e. The molecule has 45 heavy (non-hydrogen) atoms. The van der Waals surface area contributed by atoms with E-state index in [1.165, 1.54) is 37.1 Å². The molecule has 0 saturated carbocycles. The quantitative estimate of drug-likeness (QED) is 0.236. The fourth-order valence-corrected chi connectivity index (χ4v) is 6.03. The Morgan fingerprint density at radius 1 is 0.800 bits per heavy atom. The Bertz CT molecular complexity index is 1760. The zero-order chi connectivity index (χ0) is 31.8. The standard InChI is InChI=1S/C35H37FN4O4S/c36-32-11-4-6-27(21-32)22-34(41)40(24-26-12-14-33(15-13-26)45(37,43)44)25-28-7-3-8-29(20-28)30-9-5-10-31(23-30)35(42)38-16-19-39-17-1-2-18-39/h3-15,20-21,23H,1-2,16-19,22,24-25H2,(H,38,42)(H2,37,43,44). The number of amides is 2. The van der Waals surface area contributed by atoms with Gasteiger partial charge in [-0.05, 0) is 96.2 Å². The first-order valence-electron chi connectivity index (χ1n) is 15.0. The lowest BCUT2D eigenvalue weighted by Gasteiger charge is -2.24. The fraction of sp³-hybridized carbons (Fsp3) is 0.257. The Hall–Kier alpha value is -4.38. The summed E-state index contributed by atoms with van der Waals surface area (Å²) in [7, 11) is -3.85. The van der Waals surface area contributed by atoms with Crippen LogP contribution >= 0.6 is 0 Å². The largest absolute Gasteiger partial charge is 0.351 e. The van der Waals surface area contributed by atoms with Crippen molar-refractivity contribution in [2.45, 2.75) is 37.2 Å². The first-order valence-corrected chi connectivity index (χ1v) is 16.5. The van der Waals surface area contributed by atoms with Crippen LogP contribution in [-0.4, -0.2) is 56.2 Å². The third-order valence-corrected chi connectivity index (χ3v) is 8.82. The Labute approximate surface area is 263 Å². The number of halogens is 1. The van der Waals surface area contributed by atoms with Crippen LogP contribution < -0.4 is 10.5 Å². The van der Waals surface area contributed by atoms with E-state index in [9.17, 15) is 22.4 Å². The maximum Gasteiger partial charge on any atom is 0.251 e. The Balaban J connectivity index is 1.32. The van der Waals surface area contributed by atoms with Crippen molar-refractivity contribution in [2.24, 2.45) is 5.14 Å². The van der Waals surface area contributed by atoms with Crippen molar-refractivity contribution in [1.82, 2.24) is 15.1 Å². The average Bonchev–Trinajstić information content (AvgIpc) is 3.54. The molecule has 0 aromatic heterocycles. The monoisotopic (exact) mass is 628 g/mol. The molecule has 0 unspecified atom stereocenters. The summed E-state index contributed by atoms with van der Waals surface area (Å²) in [4.78, 5) is 30.4. The van der Waals surface area contributed by atoms with Crippen molar-refractivity contribution >= 4 is 21.8 Å². The first-order chi connectivity index (χ1) is 21.6. The minimum atomic E-state index is -3.85. The van der Waals surface area contributed by atoms with Gasteiger partial charge in [-0.1, -0.05) is 54.6 Å². The maximum atomic E-state index is 13.8. The predicted molar refractivity (Wildman–Crippen MR) is 172 cm³/mol. The van der Waals surface area contributed by atoms with Gasteiger partial charge in [-0.2, -0.15) is 0 Å². The van der Waals surface area contributed by atoms with E-state index < -0.39 is 15.8 Å². The van der Waals surface area contributed by atoms with Crippen LogP contribution in [0.25, 0.3) is 11.1 Å². The van der Waals surface area contributed by atoms with Gasteiger partial charge >= 0.3 is 0 Å². The van der Waals surface area contributed by atoms with Gasteiger partial charge in [0.15, 0.2) is 0 Å². The molecule has 1 heterocycles. The molecule has 0 spiro atoms. The third kappa shape index (κ3) is 9.07. The van der Waals surface area contributed by atoms with Crippen molar-refractivity contribution in [3.63, 3.8) is 0 Å². The summed E-state index contributed by atoms with van der Waals surface area (Å²) in [5.74, 6) is -0.746. The van der Waals surface area contributed by atoms with E-state index in [2.05, 4.69) is 10.2 Å². The van der Waals surface area contributed by atoms with E-state index in [0.717, 1.165) is 41.9 Å². The number of hydrogen-bond donors (Lipinski definition) is 2. The van der Waals surface area contributed by atoms with Gasteiger partial charge in [0.2, 0.25) is 15.9 Å². The van der Waals surface area contributed by atoms with E-state index in [1.807, 2.05) is 42.5 Å². The highest BCUT2D eigenvalue weighted by atomic mass is 32.2. The number of likely N-dealkylation sites (tertiary alicyclic amines) is 1. The summed E-state index contributed by atoms with van der Waals surface area (Å²) in [6.45, 7) is 4.08. The van der Waals surface area contributed by atoms with E-state index >= 15 is 0 Å². The highest BCUT2D eigenvalue weighted by Gasteiger charge is 2.18. The van der Waals surface area contributed by atoms with Crippen LogP contribution in [0.15, 0.2) is 102 Å². The van der Waals surface area contributed by atoms with Crippen LogP contribution in [0.3, 0.4) is 0 Å². The Morgan fingerprint density at radius 2 is 1.44 bits per heavy atom. The number of sulfonamides is 1. The predicted octanol–water partition coefficient (Wildman–Crippen LogP) is 4.74. The Morgan fingerprint density at radius 3 is 2.16 bits per heavy atom. The molecule has 0 bridgehead atoms. The zero-order valence-corrected chi connectivity index (χ0v) is 25.8. The van der Waals surface area contributed by atoms with Crippen LogP contribution in [0, 0.1) is 5.82 Å². The van der Waals surface area contributed by atoms with Crippen molar-refractivity contribution < 1.29 is 22.4 Å². The highest BCUT2D eigenvalue weighted by molar-refractivity contribution is 7.89. The van der Waals surface area contributed by atoms with Crippen LogP contribution in [-0.2, 0) is 34.3 Å². The number of primary sulfonamides is 1. The first kappa shape index (κ1) is 32.0. The molecule has 3 N–H and O–H groups in total. The molecule has 10 heteroatoms. The molecule has 0 aliphatic carbocycles. The van der Waals surface area contributed by atoms with Gasteiger partial charge in [0, 0.05) is 31.7 Å². The van der Waals surface area contributed by atoms with Crippen molar-refractivity contribution in [3.8, 4) is 11.1 Å². The second-order valence-electron chi connectivity index (χ2n) is 11.3. The topological polar surface area (TPSA) is 113 Å². The van der Waals surface area contributed by atoms with Crippen LogP contribution in [0.4, 0.5) is 4.39 Å². The van der Waals surface area contributed by atoms with Gasteiger partial charge in [0.1, 0.15) is 5.82 Å². The summed E-state index contributed by atoms with van der Waals surface area (Å²) >= 11 is 0. The minimum absolute atomic E-state index is 0.00162. The number of carbonyl (C=O) groups excluding carboxylic acids is 2. The van der Waals surface area contributed by atoms with Gasteiger partial charge in [-0.25, -0.2) is 17.9 Å². The van der Waals surface area contributed by atoms with E-state index in [1.54, 1.807) is 35.2 Å². The van der Waals surface area contributed by atoms with E-state index in [-0.39, 0.29) is 36.2 Å². The SMILES string of the molecule is NS(=O)(=O)c1ccc(CN(Cc2cccc(-c3cccc(C(=O)NCCN4CCCC4)c3)c2)C(=O)Cc2cccc(F)c2)cc1. The second-order valence-corrected chi connectivity index (χ2v) is 12.9. The molecule has 8 nitrogen and oxygen atoms in total. The van der Waals surface area contributed by atoms with E-state index in [0.29, 0.717) is 17.7 Å². The Kier molecular flexibility index (Phi) is 10.4. The highest BCUT2D eigenvalue weighted by Crippen LogP contribution is 2.24. The van der Waals surface area contributed by atoms with Crippen LogP contribution in [0.5, 0.6) is 0 Å². The number of nitrogens with zero attached hydrogens (tertiary/aromatic N) is 2. The van der Waals surface area contributed by atoms with Gasteiger partial charge in [-0.15, -0.1) is 0 Å². The lowest BCUT2D eigenvalue weighted by molar-refractivity contribution is -0.131. The zero-order valence-electron chi connectivity index (χ0n) is 25.0. The fourth-order valence-electron chi connectivity index (χ4n) is 5.52. The number of hydrogen-bond acceptors (Lipinski definition) is 5. The summed E-state index contributed by atoms with van der Waals surface area (Å²) in [6.07, 6.45) is 2.42. The average molecular weight is 629 g/mol. The van der Waals surface area contributed by atoms with Crippen LogP contribution in [0.1, 0.15) is 39.9 Å². The van der Waals surface area contributed by atoms with E-state index in [4.69, 9.17) is 5.14 Å². The third-order valence-electron chi connectivity index (χ3n) is 7.89. The lowest BCUT2D eigenvalue weighted by Crippen LogP contribution is -2.33. The normalized spacial score (nSPS) is 13.5. The van der Waals surface area contributed by atoms with Crippen LogP contribution in [0.2, 0.25) is 0 Å². The number of nitrogens with two attached hydrogens (primary N) is 1. The van der Waals surface area contributed by atoms with Gasteiger partial charge < -0.3 is 15.1 Å². The van der Waals surface area contributed by atoms with Gasteiger partial charge in [0.05, 0.1) is 11.3 Å². The number of carbonyl (C=O) groups is 2. The second kappa shape index (κ2) is 14.6. The maximum absolute atomic E-state index is 13.8. The molecular formula is C35H37FN4O4S. The van der Waals surface area contributed by atoms with Crippen molar-refractivity contribution in [2.75, 3.05) is 26.2 Å². The van der Waals surface area contributed by atoms with Gasteiger partial charge in [0.25, 0.3) is 5.91 Å². The molecule has 0 atom stereocenters. The lowest BCUT2D eigenvalue weighted by atomic mass is 10.0. The molecule has 1 aliphatic rings. The molecule has 1 aliphatic heterocycles.